The quantitative estimate of drug-likeness (QED) is 0.584. The van der Waals surface area contributed by atoms with Crippen LogP contribution in [0.4, 0.5) is 0 Å². The first kappa shape index (κ1) is 23.2. The number of H-pyrrole nitrogens is 1. The molecule has 3 rings (SSSR count). The van der Waals surface area contributed by atoms with Gasteiger partial charge in [0.25, 0.3) is 5.56 Å². The van der Waals surface area contributed by atoms with E-state index >= 15 is 0 Å². The van der Waals surface area contributed by atoms with Crippen LogP contribution in [0.25, 0.3) is 0 Å². The van der Waals surface area contributed by atoms with Gasteiger partial charge in [0.15, 0.2) is 11.0 Å². The predicted molar refractivity (Wildman–Crippen MR) is 112 cm³/mol. The molecule has 0 amide bonds. The Labute approximate surface area is 174 Å². The molecule has 146 valence electrons. The number of nitrogens with two attached hydrogens (primary N) is 1. The van der Waals surface area contributed by atoms with Crippen LogP contribution in [-0.2, 0) is 19.2 Å². The maximum atomic E-state index is 11.5. The third-order valence-corrected chi connectivity index (χ3v) is 4.81. The van der Waals surface area contributed by atoms with Crippen molar-refractivity contribution >= 4 is 36.6 Å². The molecule has 0 saturated carbocycles. The van der Waals surface area contributed by atoms with Crippen LogP contribution in [0.2, 0.25) is 0 Å². The predicted octanol–water partition coefficient (Wildman–Crippen LogP) is 2.59. The van der Waals surface area contributed by atoms with Gasteiger partial charge in [-0.2, -0.15) is 0 Å². The highest BCUT2D eigenvalue weighted by atomic mass is 35.5. The first-order valence-electron chi connectivity index (χ1n) is 7.91. The van der Waals surface area contributed by atoms with Gasteiger partial charge in [-0.25, -0.2) is 4.98 Å². The molecule has 0 aliphatic heterocycles. The Kier molecular flexibility index (Phi) is 8.98. The zero-order valence-corrected chi connectivity index (χ0v) is 17.4. The summed E-state index contributed by atoms with van der Waals surface area (Å²) >= 11 is 1.48. The van der Waals surface area contributed by atoms with Gasteiger partial charge in [0.1, 0.15) is 5.82 Å². The summed E-state index contributed by atoms with van der Waals surface area (Å²) in [7, 11) is 1.90. The third-order valence-electron chi connectivity index (χ3n) is 3.76. The van der Waals surface area contributed by atoms with Crippen molar-refractivity contribution in [1.29, 1.82) is 0 Å². The summed E-state index contributed by atoms with van der Waals surface area (Å²) in [5.74, 6) is 1.89. The van der Waals surface area contributed by atoms with Crippen LogP contribution in [0.5, 0.6) is 0 Å². The Morgan fingerprint density at radius 2 is 1.93 bits per heavy atom. The Morgan fingerprint density at radius 3 is 2.59 bits per heavy atom. The average Bonchev–Trinajstić information content (AvgIpc) is 2.94. The summed E-state index contributed by atoms with van der Waals surface area (Å²) in [5.41, 5.74) is 8.03. The minimum atomic E-state index is -0.228. The van der Waals surface area contributed by atoms with Gasteiger partial charge in [-0.15, -0.1) is 35.0 Å². The van der Waals surface area contributed by atoms with Crippen LogP contribution in [0.15, 0.2) is 46.3 Å². The fourth-order valence-corrected chi connectivity index (χ4v) is 3.40. The number of aromatic amines is 1. The molecule has 1 unspecified atom stereocenters. The minimum Gasteiger partial charge on any atom is -0.321 e. The van der Waals surface area contributed by atoms with Crippen molar-refractivity contribution in [1.82, 2.24) is 24.7 Å². The van der Waals surface area contributed by atoms with Gasteiger partial charge >= 0.3 is 0 Å². The van der Waals surface area contributed by atoms with Crippen molar-refractivity contribution < 1.29 is 0 Å². The number of hydrogen-bond acceptors (Lipinski definition) is 6. The first-order chi connectivity index (χ1) is 12.0. The summed E-state index contributed by atoms with van der Waals surface area (Å²) in [4.78, 5) is 18.5. The van der Waals surface area contributed by atoms with Crippen LogP contribution < -0.4 is 11.3 Å². The number of nitrogens with one attached hydrogen (secondary N) is 1. The van der Waals surface area contributed by atoms with Gasteiger partial charge in [-0.3, -0.25) is 4.79 Å². The van der Waals surface area contributed by atoms with E-state index in [1.807, 2.05) is 41.9 Å². The molecule has 2 heterocycles. The van der Waals surface area contributed by atoms with Crippen LogP contribution in [0.3, 0.4) is 0 Å². The van der Waals surface area contributed by atoms with Crippen LogP contribution >= 0.6 is 36.6 Å². The van der Waals surface area contributed by atoms with E-state index in [2.05, 4.69) is 20.2 Å². The van der Waals surface area contributed by atoms with Crippen molar-refractivity contribution in [3.05, 3.63) is 69.7 Å². The fourth-order valence-electron chi connectivity index (χ4n) is 2.59. The Balaban J connectivity index is 0.00000182. The lowest BCUT2D eigenvalue weighted by Gasteiger charge is -2.11. The van der Waals surface area contributed by atoms with E-state index < -0.39 is 0 Å². The number of benzene rings is 1. The second-order valence-electron chi connectivity index (χ2n) is 5.81. The molecule has 10 heteroatoms. The second kappa shape index (κ2) is 10.5. The van der Waals surface area contributed by atoms with Crippen LogP contribution in [0, 0.1) is 6.92 Å². The summed E-state index contributed by atoms with van der Waals surface area (Å²) < 4.78 is 1.90. The smallest absolute Gasteiger partial charge is 0.251 e. The Hall–Kier alpha value is -1.87. The number of rotatable bonds is 6. The van der Waals surface area contributed by atoms with Gasteiger partial charge in [0.2, 0.25) is 0 Å². The molecule has 0 aliphatic carbocycles. The van der Waals surface area contributed by atoms with Crippen LogP contribution in [-0.4, -0.2) is 24.7 Å². The van der Waals surface area contributed by atoms with E-state index in [1.165, 1.54) is 17.8 Å². The van der Waals surface area contributed by atoms with E-state index in [1.54, 1.807) is 6.92 Å². The summed E-state index contributed by atoms with van der Waals surface area (Å²) in [5, 5.41) is 9.21. The lowest BCUT2D eigenvalue weighted by molar-refractivity contribution is 0.616. The monoisotopic (exact) mass is 428 g/mol. The highest BCUT2D eigenvalue weighted by Gasteiger charge is 2.17. The molecule has 1 aromatic carbocycles. The van der Waals surface area contributed by atoms with Crippen molar-refractivity contribution in [2.45, 2.75) is 30.3 Å². The highest BCUT2D eigenvalue weighted by Crippen LogP contribution is 2.22. The van der Waals surface area contributed by atoms with Crippen molar-refractivity contribution in [3.63, 3.8) is 0 Å². The maximum absolute atomic E-state index is 11.5. The molecule has 3 N–H and O–H groups in total. The molecule has 7 nitrogen and oxygen atoms in total. The fraction of sp³-hybridized carbons (Fsp3) is 0.294. The Morgan fingerprint density at radius 1 is 1.22 bits per heavy atom. The van der Waals surface area contributed by atoms with E-state index in [0.29, 0.717) is 23.7 Å². The maximum Gasteiger partial charge on any atom is 0.251 e. The van der Waals surface area contributed by atoms with E-state index in [9.17, 15) is 4.79 Å². The summed E-state index contributed by atoms with van der Waals surface area (Å²) in [6, 6.07) is 11.3. The molecule has 27 heavy (non-hydrogen) atoms. The molecule has 0 radical (unpaired) electrons. The second-order valence-corrected chi connectivity index (χ2v) is 6.75. The first-order valence-corrected chi connectivity index (χ1v) is 8.90. The van der Waals surface area contributed by atoms with Crippen molar-refractivity contribution in [2.24, 2.45) is 12.8 Å². The minimum absolute atomic E-state index is 0. The summed E-state index contributed by atoms with van der Waals surface area (Å²) in [6.45, 7) is 1.76. The van der Waals surface area contributed by atoms with Gasteiger partial charge in [-0.05, 0) is 18.9 Å². The normalized spacial score (nSPS) is 11.4. The molecular weight excluding hydrogens is 407 g/mol. The number of aryl methyl sites for hydroxylation is 1. The number of aromatic nitrogens is 5. The standard InChI is InChI=1S/C17H20N6OS.2ClH/c1-11-19-13(9-15(24)20-11)10-25-17-22-21-16(23(17)2)14(18)8-12-6-4-3-5-7-12;;/h3-7,9,14H,8,10,18H2,1-2H3,(H,19,20,24);2*1H. The van der Waals surface area contributed by atoms with E-state index in [-0.39, 0.29) is 36.4 Å². The van der Waals surface area contributed by atoms with E-state index in [0.717, 1.165) is 16.5 Å². The van der Waals surface area contributed by atoms with Gasteiger partial charge < -0.3 is 15.3 Å². The average molecular weight is 429 g/mol. The molecule has 2 aromatic heterocycles. The van der Waals surface area contributed by atoms with Crippen molar-refractivity contribution in [2.75, 3.05) is 0 Å². The number of halogens is 2. The number of thioether (sulfide) groups is 1. The highest BCUT2D eigenvalue weighted by molar-refractivity contribution is 7.98. The van der Waals surface area contributed by atoms with Crippen molar-refractivity contribution in [3.8, 4) is 0 Å². The lowest BCUT2D eigenvalue weighted by Crippen LogP contribution is -2.18. The molecule has 0 fully saturated rings. The molecule has 3 aromatic rings. The molecular formula is C17H22Cl2N6OS. The molecule has 0 bridgehead atoms. The third kappa shape index (κ3) is 6.07. The zero-order chi connectivity index (χ0) is 17.8. The van der Waals surface area contributed by atoms with Crippen LogP contribution in [0.1, 0.15) is 28.9 Å². The SMILES string of the molecule is Cc1nc(CSc2nnc(C(N)Cc3ccccc3)n2C)cc(=O)[nH]1.Cl.Cl. The Bertz CT molecular complexity index is 915. The van der Waals surface area contributed by atoms with Gasteiger partial charge in [0, 0.05) is 18.9 Å². The number of hydrogen-bond donors (Lipinski definition) is 2. The largest absolute Gasteiger partial charge is 0.321 e. The molecule has 0 spiro atoms. The molecule has 0 saturated heterocycles. The molecule has 1 atom stereocenters. The molecule has 0 aliphatic rings. The zero-order valence-electron chi connectivity index (χ0n) is 15.0. The van der Waals surface area contributed by atoms with Gasteiger partial charge in [-0.1, -0.05) is 42.1 Å². The van der Waals surface area contributed by atoms with Gasteiger partial charge in [0.05, 0.1) is 11.7 Å². The summed E-state index contributed by atoms with van der Waals surface area (Å²) in [6.07, 6.45) is 0.701. The lowest BCUT2D eigenvalue weighted by atomic mass is 10.1. The number of nitrogens with zero attached hydrogens (tertiary/aromatic N) is 4. The topological polar surface area (TPSA) is 102 Å². The van der Waals surface area contributed by atoms with E-state index in [4.69, 9.17) is 5.73 Å².